The van der Waals surface area contributed by atoms with Crippen LogP contribution in [0.3, 0.4) is 0 Å². The SMILES string of the molecule is COC(=O)/C=C\CC1CCCN1C. The molecular weight excluding hydrogens is 166 g/mol. The van der Waals surface area contributed by atoms with Gasteiger partial charge in [0.2, 0.25) is 0 Å². The third kappa shape index (κ3) is 3.19. The minimum absolute atomic E-state index is 0.263. The van der Waals surface area contributed by atoms with Crippen LogP contribution in [0.25, 0.3) is 0 Å². The van der Waals surface area contributed by atoms with Crippen molar-refractivity contribution in [3.63, 3.8) is 0 Å². The first-order valence-corrected chi connectivity index (χ1v) is 4.68. The van der Waals surface area contributed by atoms with Gasteiger partial charge in [-0.2, -0.15) is 0 Å². The highest BCUT2D eigenvalue weighted by Gasteiger charge is 2.18. The fourth-order valence-electron chi connectivity index (χ4n) is 1.67. The topological polar surface area (TPSA) is 29.5 Å². The van der Waals surface area contributed by atoms with Crippen LogP contribution in [0.2, 0.25) is 0 Å². The quantitative estimate of drug-likeness (QED) is 0.486. The number of hydrogen-bond acceptors (Lipinski definition) is 3. The molecule has 1 unspecified atom stereocenters. The third-order valence-electron chi connectivity index (χ3n) is 2.53. The number of carbonyl (C=O) groups excluding carboxylic acids is 1. The molecule has 0 aliphatic carbocycles. The second kappa shape index (κ2) is 5.02. The molecule has 0 saturated carbocycles. The fourth-order valence-corrected chi connectivity index (χ4v) is 1.67. The van der Waals surface area contributed by atoms with Crippen molar-refractivity contribution in [1.29, 1.82) is 0 Å². The van der Waals surface area contributed by atoms with E-state index in [1.165, 1.54) is 32.6 Å². The Kier molecular flexibility index (Phi) is 3.96. The van der Waals surface area contributed by atoms with Crippen molar-refractivity contribution in [2.24, 2.45) is 0 Å². The Balaban J connectivity index is 2.25. The second-order valence-electron chi connectivity index (χ2n) is 3.44. The fraction of sp³-hybridized carbons (Fsp3) is 0.700. The predicted molar refractivity (Wildman–Crippen MR) is 51.4 cm³/mol. The molecule has 0 bridgehead atoms. The summed E-state index contributed by atoms with van der Waals surface area (Å²) in [7, 11) is 3.53. The molecule has 74 valence electrons. The van der Waals surface area contributed by atoms with Crippen molar-refractivity contribution in [3.8, 4) is 0 Å². The monoisotopic (exact) mass is 183 g/mol. The minimum atomic E-state index is -0.263. The zero-order valence-electron chi connectivity index (χ0n) is 8.32. The van der Waals surface area contributed by atoms with E-state index in [9.17, 15) is 4.79 Å². The molecule has 1 fully saturated rings. The Hall–Kier alpha value is -0.830. The smallest absolute Gasteiger partial charge is 0.330 e. The molecule has 0 aromatic rings. The van der Waals surface area contributed by atoms with Gasteiger partial charge in [0, 0.05) is 12.1 Å². The summed E-state index contributed by atoms with van der Waals surface area (Å²) in [6, 6.07) is 0.612. The lowest BCUT2D eigenvalue weighted by Gasteiger charge is -2.16. The highest BCUT2D eigenvalue weighted by Crippen LogP contribution is 2.17. The van der Waals surface area contributed by atoms with E-state index in [1.807, 2.05) is 6.08 Å². The Labute approximate surface area is 79.4 Å². The lowest BCUT2D eigenvalue weighted by molar-refractivity contribution is -0.134. The first-order valence-electron chi connectivity index (χ1n) is 4.68. The van der Waals surface area contributed by atoms with E-state index in [1.54, 1.807) is 0 Å². The van der Waals surface area contributed by atoms with Crippen molar-refractivity contribution >= 4 is 5.97 Å². The molecular formula is C10H17NO2. The summed E-state index contributed by atoms with van der Waals surface area (Å²) in [5.74, 6) is -0.263. The van der Waals surface area contributed by atoms with E-state index >= 15 is 0 Å². The van der Waals surface area contributed by atoms with Crippen LogP contribution >= 0.6 is 0 Å². The third-order valence-corrected chi connectivity index (χ3v) is 2.53. The van der Waals surface area contributed by atoms with Gasteiger partial charge in [-0.05, 0) is 32.9 Å². The van der Waals surface area contributed by atoms with Gasteiger partial charge < -0.3 is 9.64 Å². The first-order chi connectivity index (χ1) is 6.24. The highest BCUT2D eigenvalue weighted by molar-refractivity contribution is 5.81. The number of methoxy groups -OCH3 is 1. The predicted octanol–water partition coefficient (Wildman–Crippen LogP) is 1.20. The van der Waals surface area contributed by atoms with Crippen LogP contribution in [0.4, 0.5) is 0 Å². The molecule has 1 saturated heterocycles. The molecule has 1 rings (SSSR count). The molecule has 1 atom stereocenters. The summed E-state index contributed by atoms with van der Waals surface area (Å²) < 4.78 is 4.50. The van der Waals surface area contributed by atoms with Gasteiger partial charge in [0.15, 0.2) is 0 Å². The summed E-state index contributed by atoms with van der Waals surface area (Å²) in [4.78, 5) is 13.1. The van der Waals surface area contributed by atoms with Crippen LogP contribution < -0.4 is 0 Å². The van der Waals surface area contributed by atoms with Gasteiger partial charge in [-0.15, -0.1) is 0 Å². The van der Waals surface area contributed by atoms with Crippen molar-refractivity contribution in [2.45, 2.75) is 25.3 Å². The zero-order valence-corrected chi connectivity index (χ0v) is 8.32. The van der Waals surface area contributed by atoms with Crippen molar-refractivity contribution in [1.82, 2.24) is 4.90 Å². The number of nitrogens with zero attached hydrogens (tertiary/aromatic N) is 1. The van der Waals surface area contributed by atoms with E-state index in [2.05, 4.69) is 16.7 Å². The number of carbonyl (C=O) groups is 1. The van der Waals surface area contributed by atoms with Crippen molar-refractivity contribution < 1.29 is 9.53 Å². The van der Waals surface area contributed by atoms with Gasteiger partial charge in [0.1, 0.15) is 0 Å². The Morgan fingerprint density at radius 3 is 3.00 bits per heavy atom. The van der Waals surface area contributed by atoms with Crippen molar-refractivity contribution in [2.75, 3.05) is 20.7 Å². The lowest BCUT2D eigenvalue weighted by Crippen LogP contribution is -2.23. The molecule has 0 N–H and O–H groups in total. The molecule has 1 heterocycles. The van der Waals surface area contributed by atoms with Gasteiger partial charge in [-0.1, -0.05) is 6.08 Å². The Morgan fingerprint density at radius 2 is 2.46 bits per heavy atom. The van der Waals surface area contributed by atoms with Gasteiger partial charge in [-0.25, -0.2) is 4.79 Å². The molecule has 13 heavy (non-hydrogen) atoms. The molecule has 0 amide bonds. The molecule has 3 heteroatoms. The van der Waals surface area contributed by atoms with E-state index in [4.69, 9.17) is 0 Å². The second-order valence-corrected chi connectivity index (χ2v) is 3.44. The maximum Gasteiger partial charge on any atom is 0.330 e. The van der Waals surface area contributed by atoms with Gasteiger partial charge >= 0.3 is 5.97 Å². The number of ether oxygens (including phenoxy) is 1. The normalized spacial score (nSPS) is 24.0. The van der Waals surface area contributed by atoms with Crippen LogP contribution in [0, 0.1) is 0 Å². The molecule has 0 aromatic heterocycles. The number of likely N-dealkylation sites (tertiary alicyclic amines) is 1. The van der Waals surface area contributed by atoms with Crippen LogP contribution in [0.15, 0.2) is 12.2 Å². The Morgan fingerprint density at radius 1 is 1.69 bits per heavy atom. The summed E-state index contributed by atoms with van der Waals surface area (Å²) in [6.07, 6.45) is 6.87. The standard InChI is InChI=1S/C10H17NO2/c1-11-8-4-6-9(11)5-3-7-10(12)13-2/h3,7,9H,4-6,8H2,1-2H3/b7-3-. The molecule has 0 spiro atoms. The van der Waals surface area contributed by atoms with Gasteiger partial charge in [0.05, 0.1) is 7.11 Å². The highest BCUT2D eigenvalue weighted by atomic mass is 16.5. The number of rotatable bonds is 3. The molecule has 3 nitrogen and oxygen atoms in total. The average molecular weight is 183 g/mol. The van der Waals surface area contributed by atoms with Crippen molar-refractivity contribution in [3.05, 3.63) is 12.2 Å². The van der Waals surface area contributed by atoms with E-state index in [0.717, 1.165) is 6.42 Å². The van der Waals surface area contributed by atoms with E-state index < -0.39 is 0 Å². The Bertz CT molecular complexity index is 201. The lowest BCUT2D eigenvalue weighted by atomic mass is 10.1. The number of esters is 1. The largest absolute Gasteiger partial charge is 0.466 e. The molecule has 1 aliphatic rings. The van der Waals surface area contributed by atoms with Crippen LogP contribution in [0.5, 0.6) is 0 Å². The van der Waals surface area contributed by atoms with Crippen LogP contribution in [0.1, 0.15) is 19.3 Å². The maximum atomic E-state index is 10.7. The van der Waals surface area contributed by atoms with Gasteiger partial charge in [-0.3, -0.25) is 0 Å². The van der Waals surface area contributed by atoms with E-state index in [0.29, 0.717) is 6.04 Å². The van der Waals surface area contributed by atoms with Crippen LogP contribution in [-0.4, -0.2) is 37.6 Å². The summed E-state index contributed by atoms with van der Waals surface area (Å²) in [5, 5.41) is 0. The maximum absolute atomic E-state index is 10.7. The first kappa shape index (κ1) is 10.3. The minimum Gasteiger partial charge on any atom is -0.466 e. The summed E-state index contributed by atoms with van der Waals surface area (Å²) >= 11 is 0. The van der Waals surface area contributed by atoms with Gasteiger partial charge in [0.25, 0.3) is 0 Å². The molecule has 0 aromatic carbocycles. The summed E-state index contributed by atoms with van der Waals surface area (Å²) in [5.41, 5.74) is 0. The average Bonchev–Trinajstić information content (AvgIpc) is 2.52. The number of hydrogen-bond donors (Lipinski definition) is 0. The zero-order chi connectivity index (χ0) is 9.68. The summed E-state index contributed by atoms with van der Waals surface area (Å²) in [6.45, 7) is 1.18. The van der Waals surface area contributed by atoms with E-state index in [-0.39, 0.29) is 5.97 Å². The molecule has 0 radical (unpaired) electrons. The molecule has 1 aliphatic heterocycles. The van der Waals surface area contributed by atoms with Crippen LogP contribution in [-0.2, 0) is 9.53 Å².